The van der Waals surface area contributed by atoms with Crippen LogP contribution < -0.4 is 20.3 Å². The van der Waals surface area contributed by atoms with Crippen molar-refractivity contribution in [1.29, 1.82) is 0 Å². The first-order valence-corrected chi connectivity index (χ1v) is 12.2. The minimum Gasteiger partial charge on any atom is -0.428 e. The summed E-state index contributed by atoms with van der Waals surface area (Å²) in [6.07, 6.45) is 0.875. The Morgan fingerprint density at radius 2 is 2.14 bits per heavy atom. The van der Waals surface area contributed by atoms with Gasteiger partial charge in [0.2, 0.25) is 0 Å². The first kappa shape index (κ1) is 24.9. The van der Waals surface area contributed by atoms with Crippen LogP contribution in [0.1, 0.15) is 39.0 Å². The Hall–Kier alpha value is -3.24. The van der Waals surface area contributed by atoms with Crippen LogP contribution in [0, 0.1) is 0 Å². The molecule has 0 bridgehead atoms. The molecule has 188 valence electrons. The average Bonchev–Trinajstić information content (AvgIpc) is 2.84. The molecule has 1 aromatic heterocycles. The summed E-state index contributed by atoms with van der Waals surface area (Å²) in [6.45, 7) is 13.0. The highest BCUT2D eigenvalue weighted by Gasteiger charge is 2.30. The van der Waals surface area contributed by atoms with Gasteiger partial charge in [-0.3, -0.25) is 9.69 Å². The predicted molar refractivity (Wildman–Crippen MR) is 134 cm³/mol. The summed E-state index contributed by atoms with van der Waals surface area (Å²) in [6, 6.07) is 5.40. The number of carbonyl (C=O) groups excluding carboxylic acids is 2. The maximum Gasteiger partial charge on any atom is 0.319 e. The Labute approximate surface area is 206 Å². The van der Waals surface area contributed by atoms with Gasteiger partial charge in [0.1, 0.15) is 11.6 Å². The van der Waals surface area contributed by atoms with E-state index in [9.17, 15) is 9.59 Å². The minimum atomic E-state index is -0.334. The second-order valence-corrected chi connectivity index (χ2v) is 9.14. The molecule has 2 amide bonds. The maximum atomic E-state index is 12.0. The molecule has 1 saturated heterocycles. The molecule has 2 aliphatic heterocycles. The predicted octanol–water partition coefficient (Wildman–Crippen LogP) is 2.81. The fourth-order valence-corrected chi connectivity index (χ4v) is 4.54. The van der Waals surface area contributed by atoms with Gasteiger partial charge in [0.15, 0.2) is 5.82 Å². The van der Waals surface area contributed by atoms with Crippen molar-refractivity contribution < 1.29 is 19.1 Å². The van der Waals surface area contributed by atoms with E-state index in [0.717, 1.165) is 37.6 Å². The fourth-order valence-electron chi connectivity index (χ4n) is 4.54. The summed E-state index contributed by atoms with van der Waals surface area (Å²) in [5, 5.41) is 5.42. The smallest absolute Gasteiger partial charge is 0.319 e. The van der Waals surface area contributed by atoms with E-state index in [2.05, 4.69) is 41.2 Å². The van der Waals surface area contributed by atoms with E-state index in [1.807, 2.05) is 6.92 Å². The van der Waals surface area contributed by atoms with E-state index in [1.165, 1.54) is 5.56 Å². The number of rotatable bonds is 7. The lowest BCUT2D eigenvalue weighted by atomic mass is 10.0. The number of nitrogens with one attached hydrogen (secondary N) is 2. The molecule has 1 fully saturated rings. The zero-order valence-electron chi connectivity index (χ0n) is 20.8. The number of benzene rings is 1. The molecule has 3 heterocycles. The number of ether oxygens (including phenoxy) is 2. The summed E-state index contributed by atoms with van der Waals surface area (Å²) >= 11 is 0. The topological polar surface area (TPSA) is 109 Å². The van der Waals surface area contributed by atoms with Crippen molar-refractivity contribution in [3.8, 4) is 17.1 Å². The minimum absolute atomic E-state index is 0.188. The number of anilines is 2. The lowest BCUT2D eigenvalue weighted by Gasteiger charge is -2.38. The molecule has 2 aromatic rings. The third-order valence-corrected chi connectivity index (χ3v) is 6.44. The van der Waals surface area contributed by atoms with Crippen molar-refractivity contribution in [2.24, 2.45) is 0 Å². The van der Waals surface area contributed by atoms with Gasteiger partial charge in [-0.1, -0.05) is 0 Å². The first-order chi connectivity index (χ1) is 16.9. The molecule has 0 radical (unpaired) electrons. The van der Waals surface area contributed by atoms with Crippen LogP contribution in [0.5, 0.6) is 5.75 Å². The lowest BCUT2D eigenvalue weighted by molar-refractivity contribution is -0.120. The molecule has 2 aliphatic rings. The fraction of sp³-hybridized carbons (Fsp3) is 0.520. The van der Waals surface area contributed by atoms with E-state index in [-0.39, 0.29) is 17.8 Å². The first-order valence-electron chi connectivity index (χ1n) is 12.2. The number of fused-ring (bicyclic) bond motifs is 1. The summed E-state index contributed by atoms with van der Waals surface area (Å²) in [5.41, 5.74) is 3.25. The highest BCUT2D eigenvalue weighted by atomic mass is 16.5. The number of hydrogen-bond donors (Lipinski definition) is 2. The van der Waals surface area contributed by atoms with Gasteiger partial charge in [-0.25, -0.2) is 14.8 Å². The van der Waals surface area contributed by atoms with Crippen LogP contribution in [0.25, 0.3) is 11.4 Å². The SMILES string of the molecule is CCNC(=O)Nc1ccc(-c2nc3c(c(N4CCOC[C@@H]4C)n2)CCN(C(C)C)C3)c(OC=O)c1. The average molecular weight is 483 g/mol. The van der Waals surface area contributed by atoms with Crippen LogP contribution >= 0.6 is 0 Å². The third kappa shape index (κ3) is 5.54. The zero-order valence-corrected chi connectivity index (χ0v) is 20.8. The van der Waals surface area contributed by atoms with Crippen molar-refractivity contribution in [2.75, 3.05) is 43.1 Å². The van der Waals surface area contributed by atoms with Gasteiger partial charge >= 0.3 is 6.03 Å². The van der Waals surface area contributed by atoms with Crippen LogP contribution in [0.15, 0.2) is 18.2 Å². The molecule has 4 rings (SSSR count). The van der Waals surface area contributed by atoms with Crippen molar-refractivity contribution in [3.63, 3.8) is 0 Å². The number of morpholine rings is 1. The summed E-state index contributed by atoms with van der Waals surface area (Å²) in [7, 11) is 0. The molecule has 1 aromatic carbocycles. The van der Waals surface area contributed by atoms with Gasteiger partial charge in [-0.05, 0) is 46.2 Å². The van der Waals surface area contributed by atoms with Crippen LogP contribution in [0.3, 0.4) is 0 Å². The van der Waals surface area contributed by atoms with E-state index in [4.69, 9.17) is 19.4 Å². The lowest BCUT2D eigenvalue weighted by Crippen LogP contribution is -2.46. The Morgan fingerprint density at radius 1 is 1.31 bits per heavy atom. The summed E-state index contributed by atoms with van der Waals surface area (Å²) in [5.74, 6) is 1.70. The van der Waals surface area contributed by atoms with Gasteiger partial charge in [-0.2, -0.15) is 0 Å². The van der Waals surface area contributed by atoms with Gasteiger partial charge < -0.3 is 25.0 Å². The third-order valence-electron chi connectivity index (χ3n) is 6.44. The normalized spacial score (nSPS) is 18.2. The van der Waals surface area contributed by atoms with E-state index < -0.39 is 0 Å². The molecular weight excluding hydrogens is 448 g/mol. The highest BCUT2D eigenvalue weighted by Crippen LogP contribution is 2.35. The Balaban J connectivity index is 1.78. The standard InChI is InChI=1S/C25H34N6O4/c1-5-26-25(33)27-18-6-7-20(22(12-18)35-15-32)23-28-21-13-30(16(2)3)9-8-19(21)24(29-23)31-10-11-34-14-17(31)4/h6-7,12,15-17H,5,8-11,13-14H2,1-4H3,(H2,26,27,33)/t17-/m0/s1. The van der Waals surface area contributed by atoms with Crippen LogP contribution in [0.2, 0.25) is 0 Å². The van der Waals surface area contributed by atoms with Gasteiger partial charge in [0, 0.05) is 49.5 Å². The van der Waals surface area contributed by atoms with Gasteiger partial charge in [0.05, 0.1) is 30.5 Å². The second-order valence-electron chi connectivity index (χ2n) is 9.14. The Kier molecular flexibility index (Phi) is 7.82. The molecule has 1 atom stereocenters. The number of nitrogens with zero attached hydrogens (tertiary/aromatic N) is 4. The van der Waals surface area contributed by atoms with Gasteiger partial charge in [0.25, 0.3) is 6.47 Å². The number of urea groups is 1. The molecule has 10 nitrogen and oxygen atoms in total. The monoisotopic (exact) mass is 482 g/mol. The number of amides is 2. The van der Waals surface area contributed by atoms with E-state index in [0.29, 0.717) is 49.3 Å². The molecule has 0 spiro atoms. The molecule has 0 unspecified atom stereocenters. The second kappa shape index (κ2) is 11.0. The van der Waals surface area contributed by atoms with Crippen molar-refractivity contribution in [2.45, 2.75) is 52.7 Å². The summed E-state index contributed by atoms with van der Waals surface area (Å²) in [4.78, 5) is 37.9. The largest absolute Gasteiger partial charge is 0.428 e. The molecule has 35 heavy (non-hydrogen) atoms. The zero-order chi connectivity index (χ0) is 24.9. The Bertz CT molecular complexity index is 1080. The van der Waals surface area contributed by atoms with Crippen molar-refractivity contribution in [3.05, 3.63) is 29.5 Å². The molecule has 10 heteroatoms. The number of carbonyl (C=O) groups is 2. The van der Waals surface area contributed by atoms with Crippen molar-refractivity contribution in [1.82, 2.24) is 20.2 Å². The Morgan fingerprint density at radius 3 is 2.86 bits per heavy atom. The molecular formula is C25H34N6O4. The molecule has 0 saturated carbocycles. The number of aromatic nitrogens is 2. The van der Waals surface area contributed by atoms with E-state index in [1.54, 1.807) is 18.2 Å². The molecule has 2 N–H and O–H groups in total. The van der Waals surface area contributed by atoms with Crippen LogP contribution in [-0.4, -0.2) is 72.3 Å². The van der Waals surface area contributed by atoms with Crippen LogP contribution in [0.4, 0.5) is 16.3 Å². The molecule has 0 aliphatic carbocycles. The van der Waals surface area contributed by atoms with Gasteiger partial charge in [-0.15, -0.1) is 0 Å². The maximum absolute atomic E-state index is 12.0. The van der Waals surface area contributed by atoms with Crippen molar-refractivity contribution >= 4 is 24.0 Å². The van der Waals surface area contributed by atoms with E-state index >= 15 is 0 Å². The summed E-state index contributed by atoms with van der Waals surface area (Å²) < 4.78 is 11.0. The highest BCUT2D eigenvalue weighted by molar-refractivity contribution is 5.90. The number of hydrogen-bond acceptors (Lipinski definition) is 8. The quantitative estimate of drug-likeness (QED) is 0.580. The van der Waals surface area contributed by atoms with Crippen LogP contribution in [-0.2, 0) is 22.5 Å².